The second-order valence-corrected chi connectivity index (χ2v) is 7.04. The number of hydrogen-bond donors (Lipinski definition) is 1. The molecule has 0 aliphatic heterocycles. The first-order valence-corrected chi connectivity index (χ1v) is 8.55. The number of hydrogen-bond acceptors (Lipinski definition) is 5. The maximum atomic E-state index is 12.1. The van der Waals surface area contributed by atoms with Gasteiger partial charge in [0, 0.05) is 5.69 Å². The quantitative estimate of drug-likeness (QED) is 0.787. The maximum Gasteiger partial charge on any atom is 0.338 e. The van der Waals surface area contributed by atoms with Gasteiger partial charge in [-0.15, -0.1) is 0 Å². The van der Waals surface area contributed by atoms with Gasteiger partial charge in [0.25, 0.3) is 0 Å². The van der Waals surface area contributed by atoms with E-state index in [0.29, 0.717) is 5.56 Å². The second-order valence-electron chi connectivity index (χ2n) is 7.04. The van der Waals surface area contributed by atoms with Crippen molar-refractivity contribution in [1.29, 1.82) is 0 Å². The first kappa shape index (κ1) is 19.5. The summed E-state index contributed by atoms with van der Waals surface area (Å²) in [5.74, 6) is -0.718. The van der Waals surface area contributed by atoms with Gasteiger partial charge in [-0.05, 0) is 57.5 Å². The minimum Gasteiger partial charge on any atom is -0.458 e. The number of esters is 2. The van der Waals surface area contributed by atoms with Crippen molar-refractivity contribution in [3.63, 3.8) is 0 Å². The van der Waals surface area contributed by atoms with Crippen LogP contribution in [-0.2, 0) is 20.9 Å². The molecule has 1 N–H and O–H groups in total. The molecule has 5 heteroatoms. The van der Waals surface area contributed by atoms with Crippen molar-refractivity contribution >= 4 is 17.6 Å². The Morgan fingerprint density at radius 2 is 1.62 bits per heavy atom. The van der Waals surface area contributed by atoms with E-state index in [1.54, 1.807) is 31.2 Å². The van der Waals surface area contributed by atoms with E-state index in [9.17, 15) is 9.59 Å². The lowest BCUT2D eigenvalue weighted by Gasteiger charge is -2.23. The van der Waals surface area contributed by atoms with Crippen molar-refractivity contribution in [3.8, 4) is 0 Å². The van der Waals surface area contributed by atoms with Crippen LogP contribution in [0, 0.1) is 0 Å². The average molecular weight is 355 g/mol. The van der Waals surface area contributed by atoms with Gasteiger partial charge in [-0.3, -0.25) is 0 Å². The Hall–Kier alpha value is -2.82. The topological polar surface area (TPSA) is 64.6 Å². The maximum absolute atomic E-state index is 12.1. The highest BCUT2D eigenvalue weighted by atomic mass is 16.6. The molecule has 0 aliphatic rings. The molecule has 1 atom stereocenters. The van der Waals surface area contributed by atoms with Crippen molar-refractivity contribution in [2.24, 2.45) is 0 Å². The molecule has 0 saturated carbocycles. The van der Waals surface area contributed by atoms with E-state index in [1.807, 2.05) is 51.1 Å². The van der Waals surface area contributed by atoms with Gasteiger partial charge in [0.05, 0.1) is 5.56 Å². The summed E-state index contributed by atoms with van der Waals surface area (Å²) in [6, 6.07) is 15.8. The van der Waals surface area contributed by atoms with Crippen LogP contribution in [0.1, 0.15) is 43.6 Å². The van der Waals surface area contributed by atoms with Crippen LogP contribution in [0.25, 0.3) is 0 Å². The summed E-state index contributed by atoms with van der Waals surface area (Å²) in [6.45, 7) is 7.44. The Kier molecular flexibility index (Phi) is 6.39. The Morgan fingerprint density at radius 3 is 2.19 bits per heavy atom. The molecule has 0 unspecified atom stereocenters. The average Bonchev–Trinajstić information content (AvgIpc) is 2.59. The Bertz CT molecular complexity index is 733. The number of nitrogens with one attached hydrogen (secondary N) is 1. The van der Waals surface area contributed by atoms with Crippen LogP contribution in [0.4, 0.5) is 5.69 Å². The standard InChI is InChI=1S/C21H25NO4/c1-15(19(23)26-21(2,3)4)22-18-12-10-17(11-13-18)20(24)25-14-16-8-6-5-7-9-16/h5-13,15,22H,14H2,1-4H3/t15-/m0/s1. The van der Waals surface area contributed by atoms with E-state index in [-0.39, 0.29) is 18.5 Å². The molecule has 2 rings (SSSR count). The van der Waals surface area contributed by atoms with Gasteiger partial charge < -0.3 is 14.8 Å². The molecule has 2 aromatic rings. The van der Waals surface area contributed by atoms with Crippen molar-refractivity contribution in [2.75, 3.05) is 5.32 Å². The van der Waals surface area contributed by atoms with E-state index >= 15 is 0 Å². The molecule has 26 heavy (non-hydrogen) atoms. The Labute approximate surface area is 154 Å². The molecule has 0 heterocycles. The Morgan fingerprint density at radius 1 is 1.00 bits per heavy atom. The molecule has 0 fully saturated rings. The summed E-state index contributed by atoms with van der Waals surface area (Å²) in [4.78, 5) is 24.1. The molecule has 0 aliphatic carbocycles. The van der Waals surface area contributed by atoms with Gasteiger partial charge in [0.2, 0.25) is 0 Å². The van der Waals surface area contributed by atoms with Crippen molar-refractivity contribution in [1.82, 2.24) is 0 Å². The van der Waals surface area contributed by atoms with Gasteiger partial charge >= 0.3 is 11.9 Å². The molecule has 2 aromatic carbocycles. The molecule has 0 saturated heterocycles. The molecule has 0 amide bonds. The summed E-state index contributed by atoms with van der Waals surface area (Å²) in [5, 5.41) is 3.06. The van der Waals surface area contributed by atoms with Gasteiger partial charge in [-0.1, -0.05) is 30.3 Å². The van der Waals surface area contributed by atoms with Crippen LogP contribution < -0.4 is 5.32 Å². The van der Waals surface area contributed by atoms with Crippen LogP contribution in [0.3, 0.4) is 0 Å². The van der Waals surface area contributed by atoms with Crippen LogP contribution in [0.5, 0.6) is 0 Å². The summed E-state index contributed by atoms with van der Waals surface area (Å²) < 4.78 is 10.6. The monoisotopic (exact) mass is 355 g/mol. The minimum absolute atomic E-state index is 0.232. The van der Waals surface area contributed by atoms with Gasteiger partial charge in [0.15, 0.2) is 0 Å². The number of carbonyl (C=O) groups is 2. The number of anilines is 1. The fourth-order valence-electron chi connectivity index (χ4n) is 2.21. The predicted octanol–water partition coefficient (Wildman–Crippen LogP) is 4.19. The van der Waals surface area contributed by atoms with Gasteiger partial charge in [0.1, 0.15) is 18.2 Å². The highest BCUT2D eigenvalue weighted by molar-refractivity contribution is 5.90. The molecule has 0 bridgehead atoms. The zero-order valence-electron chi connectivity index (χ0n) is 15.6. The van der Waals surface area contributed by atoms with Crippen molar-refractivity contribution < 1.29 is 19.1 Å². The molecular weight excluding hydrogens is 330 g/mol. The normalized spacial score (nSPS) is 12.2. The molecular formula is C21H25NO4. The van der Waals surface area contributed by atoms with E-state index < -0.39 is 11.6 Å². The highest BCUT2D eigenvalue weighted by Gasteiger charge is 2.21. The van der Waals surface area contributed by atoms with Gasteiger partial charge in [-0.2, -0.15) is 0 Å². The summed E-state index contributed by atoms with van der Waals surface area (Å²) in [6.07, 6.45) is 0. The fourth-order valence-corrected chi connectivity index (χ4v) is 2.21. The number of ether oxygens (including phenoxy) is 2. The number of carbonyl (C=O) groups excluding carboxylic acids is 2. The molecule has 0 spiro atoms. The van der Waals surface area contributed by atoms with E-state index in [2.05, 4.69) is 5.32 Å². The van der Waals surface area contributed by atoms with E-state index in [1.165, 1.54) is 0 Å². The van der Waals surface area contributed by atoms with Crippen LogP contribution >= 0.6 is 0 Å². The number of rotatable bonds is 6. The summed E-state index contributed by atoms with van der Waals surface area (Å²) in [7, 11) is 0. The Balaban J connectivity index is 1.89. The zero-order valence-corrected chi connectivity index (χ0v) is 15.6. The van der Waals surface area contributed by atoms with Crippen molar-refractivity contribution in [3.05, 3.63) is 65.7 Å². The lowest BCUT2D eigenvalue weighted by atomic mass is 10.1. The van der Waals surface area contributed by atoms with Crippen molar-refractivity contribution in [2.45, 2.75) is 45.9 Å². The lowest BCUT2D eigenvalue weighted by molar-refractivity contribution is -0.155. The van der Waals surface area contributed by atoms with Crippen LogP contribution in [0.15, 0.2) is 54.6 Å². The van der Waals surface area contributed by atoms with Crippen LogP contribution in [0.2, 0.25) is 0 Å². The smallest absolute Gasteiger partial charge is 0.338 e. The third-order valence-corrected chi connectivity index (χ3v) is 3.48. The minimum atomic E-state index is -0.528. The number of benzene rings is 2. The highest BCUT2D eigenvalue weighted by Crippen LogP contribution is 2.15. The third kappa shape index (κ3) is 6.24. The van der Waals surface area contributed by atoms with E-state index in [4.69, 9.17) is 9.47 Å². The molecule has 0 radical (unpaired) electrons. The van der Waals surface area contributed by atoms with Crippen LogP contribution in [-0.4, -0.2) is 23.6 Å². The lowest BCUT2D eigenvalue weighted by Crippen LogP contribution is -2.34. The summed E-state index contributed by atoms with van der Waals surface area (Å²) in [5.41, 5.74) is 1.59. The first-order chi connectivity index (χ1) is 12.2. The largest absolute Gasteiger partial charge is 0.458 e. The molecule has 138 valence electrons. The third-order valence-electron chi connectivity index (χ3n) is 3.48. The molecule has 0 aromatic heterocycles. The predicted molar refractivity (Wildman–Crippen MR) is 101 cm³/mol. The van der Waals surface area contributed by atoms with E-state index in [0.717, 1.165) is 11.3 Å². The summed E-state index contributed by atoms with van der Waals surface area (Å²) >= 11 is 0. The fraction of sp³-hybridized carbons (Fsp3) is 0.333. The van der Waals surface area contributed by atoms with Gasteiger partial charge in [-0.25, -0.2) is 9.59 Å². The zero-order chi connectivity index (χ0) is 19.2. The SMILES string of the molecule is C[C@H](Nc1ccc(C(=O)OCc2ccccc2)cc1)C(=O)OC(C)(C)C. The second kappa shape index (κ2) is 8.52. The first-order valence-electron chi connectivity index (χ1n) is 8.55. The molecule has 5 nitrogen and oxygen atoms in total.